The maximum Gasteiger partial charge on any atom is 0.0933 e. The fourth-order valence-electron chi connectivity index (χ4n) is 2.09. The van der Waals surface area contributed by atoms with Gasteiger partial charge in [-0.2, -0.15) is 0 Å². The summed E-state index contributed by atoms with van der Waals surface area (Å²) in [7, 11) is 0. The van der Waals surface area contributed by atoms with Gasteiger partial charge >= 0.3 is 0 Å². The van der Waals surface area contributed by atoms with Gasteiger partial charge in [-0.1, -0.05) is 18.2 Å². The van der Waals surface area contributed by atoms with Crippen LogP contribution in [-0.2, 0) is 4.74 Å². The Bertz CT molecular complexity index is 487. The molecule has 1 aromatic heterocycles. The molecule has 1 aliphatic heterocycles. The van der Waals surface area contributed by atoms with Crippen molar-refractivity contribution in [3.05, 3.63) is 36.5 Å². The third-order valence-corrected chi connectivity index (χ3v) is 2.92. The highest BCUT2D eigenvalue weighted by Crippen LogP contribution is 2.22. The largest absolute Gasteiger partial charge is 0.379 e. The summed E-state index contributed by atoms with van der Waals surface area (Å²) in [5, 5.41) is 4.67. The second-order valence-corrected chi connectivity index (χ2v) is 4.09. The highest BCUT2D eigenvalue weighted by atomic mass is 16.5. The molecule has 2 heterocycles. The van der Waals surface area contributed by atoms with E-state index >= 15 is 0 Å². The van der Waals surface area contributed by atoms with E-state index in [1.165, 1.54) is 5.39 Å². The Labute approximate surface area is 94.5 Å². The summed E-state index contributed by atoms with van der Waals surface area (Å²) in [6.45, 7) is 1.65. The number of hydrogen-bond acceptors (Lipinski definition) is 3. The van der Waals surface area contributed by atoms with E-state index in [1.807, 2.05) is 12.3 Å². The molecule has 0 aliphatic carbocycles. The number of nitrogens with zero attached hydrogens (tertiary/aromatic N) is 1. The zero-order chi connectivity index (χ0) is 10.8. The van der Waals surface area contributed by atoms with E-state index < -0.39 is 0 Å². The number of aromatic nitrogens is 1. The molecular formula is C13H14N2O. The van der Waals surface area contributed by atoms with Crippen LogP contribution in [0.4, 0.5) is 5.69 Å². The molecule has 1 aliphatic rings. The lowest BCUT2D eigenvalue weighted by molar-refractivity contribution is 0.195. The number of anilines is 1. The van der Waals surface area contributed by atoms with Crippen LogP contribution in [0.25, 0.3) is 10.9 Å². The minimum atomic E-state index is 0.424. The monoisotopic (exact) mass is 214 g/mol. The number of benzene rings is 1. The molecule has 1 aromatic carbocycles. The molecular weight excluding hydrogens is 200 g/mol. The van der Waals surface area contributed by atoms with Gasteiger partial charge in [-0.25, -0.2) is 0 Å². The molecule has 1 N–H and O–H groups in total. The number of para-hydroxylation sites is 1. The molecule has 1 fully saturated rings. The van der Waals surface area contributed by atoms with Gasteiger partial charge in [-0.05, 0) is 18.6 Å². The van der Waals surface area contributed by atoms with E-state index in [0.717, 1.165) is 30.8 Å². The Morgan fingerprint density at radius 2 is 2.19 bits per heavy atom. The molecule has 0 spiro atoms. The Kier molecular flexibility index (Phi) is 2.46. The number of hydrogen-bond donors (Lipinski definition) is 1. The number of pyridine rings is 1. The smallest absolute Gasteiger partial charge is 0.0933 e. The normalized spacial score (nSPS) is 20.1. The standard InChI is InChI=1S/C13H14N2O/c1-3-10-4-2-7-14-13(10)12(5-1)15-11-6-8-16-9-11/h1-5,7,11,15H,6,8-9H2. The fourth-order valence-corrected chi connectivity index (χ4v) is 2.09. The first-order valence-corrected chi connectivity index (χ1v) is 5.61. The molecule has 0 saturated carbocycles. The van der Waals surface area contributed by atoms with Crippen LogP contribution in [0.5, 0.6) is 0 Å². The fraction of sp³-hybridized carbons (Fsp3) is 0.308. The summed E-state index contributed by atoms with van der Waals surface area (Å²) in [5.74, 6) is 0. The van der Waals surface area contributed by atoms with Crippen molar-refractivity contribution in [2.24, 2.45) is 0 Å². The Morgan fingerprint density at radius 1 is 1.25 bits per heavy atom. The molecule has 1 atom stereocenters. The number of nitrogens with one attached hydrogen (secondary N) is 1. The van der Waals surface area contributed by atoms with Crippen molar-refractivity contribution in [1.82, 2.24) is 4.98 Å². The van der Waals surface area contributed by atoms with Gasteiger partial charge in [0.15, 0.2) is 0 Å². The van der Waals surface area contributed by atoms with Crippen molar-refractivity contribution >= 4 is 16.6 Å². The maximum absolute atomic E-state index is 5.36. The van der Waals surface area contributed by atoms with Crippen molar-refractivity contribution < 1.29 is 4.74 Å². The van der Waals surface area contributed by atoms with Crippen LogP contribution in [0, 0.1) is 0 Å². The molecule has 3 heteroatoms. The van der Waals surface area contributed by atoms with E-state index in [-0.39, 0.29) is 0 Å². The van der Waals surface area contributed by atoms with Gasteiger partial charge in [0, 0.05) is 18.2 Å². The highest BCUT2D eigenvalue weighted by Gasteiger charge is 2.15. The zero-order valence-corrected chi connectivity index (χ0v) is 9.02. The van der Waals surface area contributed by atoms with Crippen LogP contribution in [0.2, 0.25) is 0 Å². The Hall–Kier alpha value is -1.61. The molecule has 3 rings (SSSR count). The average molecular weight is 214 g/mol. The lowest BCUT2D eigenvalue weighted by Crippen LogP contribution is -2.19. The predicted molar refractivity (Wildman–Crippen MR) is 64.6 cm³/mol. The summed E-state index contributed by atoms with van der Waals surface area (Å²) >= 11 is 0. The van der Waals surface area contributed by atoms with Crippen LogP contribution in [0.15, 0.2) is 36.5 Å². The Morgan fingerprint density at radius 3 is 3.06 bits per heavy atom. The lowest BCUT2D eigenvalue weighted by atomic mass is 10.1. The predicted octanol–water partition coefficient (Wildman–Crippen LogP) is 2.44. The Balaban J connectivity index is 1.96. The van der Waals surface area contributed by atoms with E-state index in [4.69, 9.17) is 4.74 Å². The SMILES string of the molecule is c1cnc2c(NC3CCOC3)cccc2c1. The minimum Gasteiger partial charge on any atom is -0.379 e. The number of rotatable bonds is 2. The van der Waals surface area contributed by atoms with Gasteiger partial charge in [0.05, 0.1) is 23.9 Å². The van der Waals surface area contributed by atoms with Gasteiger partial charge in [0.2, 0.25) is 0 Å². The highest BCUT2D eigenvalue weighted by molar-refractivity contribution is 5.90. The minimum absolute atomic E-state index is 0.424. The second-order valence-electron chi connectivity index (χ2n) is 4.09. The summed E-state index contributed by atoms with van der Waals surface area (Å²) in [6, 6.07) is 10.7. The zero-order valence-electron chi connectivity index (χ0n) is 9.02. The van der Waals surface area contributed by atoms with E-state index in [9.17, 15) is 0 Å². The van der Waals surface area contributed by atoms with Crippen molar-refractivity contribution in [3.63, 3.8) is 0 Å². The van der Waals surface area contributed by atoms with Gasteiger partial charge in [0.25, 0.3) is 0 Å². The third-order valence-electron chi connectivity index (χ3n) is 2.92. The molecule has 0 amide bonds. The van der Waals surface area contributed by atoms with Crippen molar-refractivity contribution in [2.45, 2.75) is 12.5 Å². The van der Waals surface area contributed by atoms with Crippen molar-refractivity contribution in [1.29, 1.82) is 0 Å². The van der Waals surface area contributed by atoms with Crippen LogP contribution < -0.4 is 5.32 Å². The molecule has 0 radical (unpaired) electrons. The summed E-state index contributed by atoms with van der Waals surface area (Å²) in [5.41, 5.74) is 2.14. The van der Waals surface area contributed by atoms with Gasteiger partial charge in [-0.15, -0.1) is 0 Å². The molecule has 1 saturated heterocycles. The van der Waals surface area contributed by atoms with Crippen molar-refractivity contribution in [2.75, 3.05) is 18.5 Å². The lowest BCUT2D eigenvalue weighted by Gasteiger charge is -2.13. The first kappa shape index (κ1) is 9.60. The molecule has 16 heavy (non-hydrogen) atoms. The quantitative estimate of drug-likeness (QED) is 0.833. The number of ether oxygens (including phenoxy) is 1. The second kappa shape index (κ2) is 4.10. The summed E-state index contributed by atoms with van der Waals surface area (Å²) in [4.78, 5) is 4.42. The van der Waals surface area contributed by atoms with Crippen LogP contribution in [-0.4, -0.2) is 24.2 Å². The van der Waals surface area contributed by atoms with Crippen LogP contribution in [0.1, 0.15) is 6.42 Å². The number of fused-ring (bicyclic) bond motifs is 1. The van der Waals surface area contributed by atoms with E-state index in [2.05, 4.69) is 34.6 Å². The molecule has 3 nitrogen and oxygen atoms in total. The molecule has 2 aromatic rings. The van der Waals surface area contributed by atoms with Crippen molar-refractivity contribution in [3.8, 4) is 0 Å². The molecule has 1 unspecified atom stereocenters. The molecule has 0 bridgehead atoms. The third kappa shape index (κ3) is 1.74. The van der Waals surface area contributed by atoms with Gasteiger partial charge in [-0.3, -0.25) is 4.98 Å². The molecule has 82 valence electrons. The first-order valence-electron chi connectivity index (χ1n) is 5.61. The maximum atomic E-state index is 5.36. The van der Waals surface area contributed by atoms with Crippen LogP contribution in [0.3, 0.4) is 0 Å². The topological polar surface area (TPSA) is 34.2 Å². The average Bonchev–Trinajstić information content (AvgIpc) is 2.82. The van der Waals surface area contributed by atoms with E-state index in [1.54, 1.807) is 0 Å². The van der Waals surface area contributed by atoms with Gasteiger partial charge in [0.1, 0.15) is 0 Å². The van der Waals surface area contributed by atoms with Crippen LogP contribution >= 0.6 is 0 Å². The first-order chi connectivity index (χ1) is 7.93. The van der Waals surface area contributed by atoms with E-state index in [0.29, 0.717) is 6.04 Å². The summed E-state index contributed by atoms with van der Waals surface area (Å²) in [6.07, 6.45) is 2.90. The summed E-state index contributed by atoms with van der Waals surface area (Å²) < 4.78 is 5.36. The van der Waals surface area contributed by atoms with Gasteiger partial charge < -0.3 is 10.1 Å².